The SMILES string of the molecule is CC(C)=CCn1ccc2ccc(C)cc21. The first-order valence-corrected chi connectivity index (χ1v) is 5.35. The molecule has 1 aromatic carbocycles. The van der Waals surface area contributed by atoms with Crippen LogP contribution in [0.5, 0.6) is 0 Å². The van der Waals surface area contributed by atoms with Crippen molar-refractivity contribution in [3.63, 3.8) is 0 Å². The monoisotopic (exact) mass is 199 g/mol. The molecule has 1 heterocycles. The molecule has 1 aromatic heterocycles. The van der Waals surface area contributed by atoms with Gasteiger partial charge in [-0.2, -0.15) is 0 Å². The summed E-state index contributed by atoms with van der Waals surface area (Å²) in [7, 11) is 0. The first kappa shape index (κ1) is 10.0. The van der Waals surface area contributed by atoms with E-state index in [4.69, 9.17) is 0 Å². The van der Waals surface area contributed by atoms with Crippen molar-refractivity contribution in [1.82, 2.24) is 4.57 Å². The van der Waals surface area contributed by atoms with Crippen molar-refractivity contribution >= 4 is 10.9 Å². The van der Waals surface area contributed by atoms with Gasteiger partial charge in [0.05, 0.1) is 0 Å². The maximum absolute atomic E-state index is 2.29. The van der Waals surface area contributed by atoms with Crippen molar-refractivity contribution in [3.8, 4) is 0 Å². The maximum atomic E-state index is 2.29. The van der Waals surface area contributed by atoms with Crippen molar-refractivity contribution in [3.05, 3.63) is 47.7 Å². The molecule has 2 aromatic rings. The van der Waals surface area contributed by atoms with Crippen molar-refractivity contribution in [2.75, 3.05) is 0 Å². The zero-order valence-electron chi connectivity index (χ0n) is 9.62. The smallest absolute Gasteiger partial charge is 0.0485 e. The molecule has 78 valence electrons. The number of allylic oxidation sites excluding steroid dienone is 2. The van der Waals surface area contributed by atoms with Crippen LogP contribution in [0.4, 0.5) is 0 Å². The summed E-state index contributed by atoms with van der Waals surface area (Å²) in [6.45, 7) is 7.38. The maximum Gasteiger partial charge on any atom is 0.0485 e. The van der Waals surface area contributed by atoms with Crippen LogP contribution in [0.15, 0.2) is 42.1 Å². The third kappa shape index (κ3) is 2.12. The minimum Gasteiger partial charge on any atom is -0.344 e. The molecule has 0 N–H and O–H groups in total. The van der Waals surface area contributed by atoms with Crippen molar-refractivity contribution < 1.29 is 0 Å². The van der Waals surface area contributed by atoms with Crippen LogP contribution in [0.3, 0.4) is 0 Å². The summed E-state index contributed by atoms with van der Waals surface area (Å²) < 4.78 is 2.29. The average Bonchev–Trinajstić information content (AvgIpc) is 2.57. The van der Waals surface area contributed by atoms with E-state index in [1.54, 1.807) is 0 Å². The van der Waals surface area contributed by atoms with Gasteiger partial charge in [0.1, 0.15) is 0 Å². The van der Waals surface area contributed by atoms with E-state index in [1.807, 2.05) is 0 Å². The second kappa shape index (κ2) is 3.93. The van der Waals surface area contributed by atoms with Gasteiger partial charge in [0.2, 0.25) is 0 Å². The number of nitrogens with zero attached hydrogens (tertiary/aromatic N) is 1. The Morgan fingerprint density at radius 3 is 2.80 bits per heavy atom. The van der Waals surface area contributed by atoms with E-state index in [-0.39, 0.29) is 0 Å². The molecule has 1 nitrogen and oxygen atoms in total. The summed E-state index contributed by atoms with van der Waals surface area (Å²) in [6.07, 6.45) is 4.41. The molecule has 0 fully saturated rings. The van der Waals surface area contributed by atoms with E-state index in [0.29, 0.717) is 0 Å². The molecule has 0 saturated carbocycles. The van der Waals surface area contributed by atoms with Gasteiger partial charge in [-0.15, -0.1) is 0 Å². The van der Waals surface area contributed by atoms with Gasteiger partial charge >= 0.3 is 0 Å². The molecule has 0 saturated heterocycles. The molecule has 15 heavy (non-hydrogen) atoms. The van der Waals surface area contributed by atoms with Crippen LogP contribution in [0.2, 0.25) is 0 Å². The predicted molar refractivity (Wildman–Crippen MR) is 66.1 cm³/mol. The molecule has 0 aliphatic rings. The average molecular weight is 199 g/mol. The second-order valence-electron chi connectivity index (χ2n) is 4.31. The lowest BCUT2D eigenvalue weighted by molar-refractivity contribution is 0.856. The molecular weight excluding hydrogens is 182 g/mol. The molecule has 1 heteroatoms. The third-order valence-corrected chi connectivity index (χ3v) is 2.63. The van der Waals surface area contributed by atoms with E-state index in [0.717, 1.165) is 6.54 Å². The van der Waals surface area contributed by atoms with E-state index in [1.165, 1.54) is 22.0 Å². The summed E-state index contributed by atoms with van der Waals surface area (Å²) in [5, 5.41) is 1.32. The Morgan fingerprint density at radius 1 is 1.27 bits per heavy atom. The molecule has 0 unspecified atom stereocenters. The first-order chi connectivity index (χ1) is 7.16. The van der Waals surface area contributed by atoms with Gasteiger partial charge < -0.3 is 4.57 Å². The summed E-state index contributed by atoms with van der Waals surface area (Å²) in [6, 6.07) is 8.76. The summed E-state index contributed by atoms with van der Waals surface area (Å²) in [5.74, 6) is 0. The highest BCUT2D eigenvalue weighted by Gasteiger charge is 1.99. The minimum atomic E-state index is 0.968. The Kier molecular flexibility index (Phi) is 2.63. The lowest BCUT2D eigenvalue weighted by atomic mass is 10.2. The fourth-order valence-corrected chi connectivity index (χ4v) is 1.73. The summed E-state index contributed by atoms with van der Waals surface area (Å²) in [4.78, 5) is 0. The van der Waals surface area contributed by atoms with Gasteiger partial charge in [0.25, 0.3) is 0 Å². The van der Waals surface area contributed by atoms with Crippen molar-refractivity contribution in [2.24, 2.45) is 0 Å². The standard InChI is InChI=1S/C14H17N/c1-11(2)6-8-15-9-7-13-5-4-12(3)10-14(13)15/h4-7,9-10H,8H2,1-3H3. The van der Waals surface area contributed by atoms with Gasteiger partial charge in [0, 0.05) is 18.3 Å². The predicted octanol–water partition coefficient (Wildman–Crippen LogP) is 3.92. The molecule has 0 bridgehead atoms. The molecular formula is C14H17N. The third-order valence-electron chi connectivity index (χ3n) is 2.63. The highest BCUT2D eigenvalue weighted by molar-refractivity contribution is 5.80. The van der Waals surface area contributed by atoms with E-state index in [2.05, 4.69) is 61.9 Å². The largest absolute Gasteiger partial charge is 0.344 e. The van der Waals surface area contributed by atoms with E-state index in [9.17, 15) is 0 Å². The Hall–Kier alpha value is -1.50. The lowest BCUT2D eigenvalue weighted by Crippen LogP contribution is -1.93. The number of aryl methyl sites for hydroxylation is 1. The van der Waals surface area contributed by atoms with Crippen molar-refractivity contribution in [1.29, 1.82) is 0 Å². The highest BCUT2D eigenvalue weighted by atomic mass is 14.9. The molecule has 0 aliphatic carbocycles. The molecule has 0 amide bonds. The van der Waals surface area contributed by atoms with Gasteiger partial charge in [-0.05, 0) is 43.9 Å². The Bertz CT molecular complexity index is 499. The molecule has 0 radical (unpaired) electrons. The molecule has 0 atom stereocenters. The van der Waals surface area contributed by atoms with Crippen LogP contribution in [0.25, 0.3) is 10.9 Å². The quantitative estimate of drug-likeness (QED) is 0.646. The fraction of sp³-hybridized carbons (Fsp3) is 0.286. The van der Waals surface area contributed by atoms with Crippen LogP contribution in [-0.4, -0.2) is 4.57 Å². The Labute approximate surface area is 91.0 Å². The number of rotatable bonds is 2. The number of benzene rings is 1. The lowest BCUT2D eigenvalue weighted by Gasteiger charge is -2.02. The Balaban J connectivity index is 2.43. The van der Waals surface area contributed by atoms with Crippen LogP contribution >= 0.6 is 0 Å². The number of hydrogen-bond acceptors (Lipinski definition) is 0. The van der Waals surface area contributed by atoms with E-state index < -0.39 is 0 Å². The fourth-order valence-electron chi connectivity index (χ4n) is 1.73. The summed E-state index contributed by atoms with van der Waals surface area (Å²) >= 11 is 0. The molecule has 0 spiro atoms. The normalized spacial score (nSPS) is 10.6. The topological polar surface area (TPSA) is 4.93 Å². The zero-order valence-corrected chi connectivity index (χ0v) is 9.62. The number of hydrogen-bond donors (Lipinski definition) is 0. The molecule has 0 aliphatic heterocycles. The van der Waals surface area contributed by atoms with Crippen LogP contribution in [-0.2, 0) is 6.54 Å². The Morgan fingerprint density at radius 2 is 2.07 bits per heavy atom. The van der Waals surface area contributed by atoms with Gasteiger partial charge in [-0.25, -0.2) is 0 Å². The number of aromatic nitrogens is 1. The van der Waals surface area contributed by atoms with Crippen LogP contribution in [0, 0.1) is 6.92 Å². The molecule has 2 rings (SSSR count). The van der Waals surface area contributed by atoms with Gasteiger partial charge in [-0.3, -0.25) is 0 Å². The first-order valence-electron chi connectivity index (χ1n) is 5.35. The van der Waals surface area contributed by atoms with Crippen LogP contribution < -0.4 is 0 Å². The van der Waals surface area contributed by atoms with E-state index >= 15 is 0 Å². The summed E-state index contributed by atoms with van der Waals surface area (Å²) in [5.41, 5.74) is 4.01. The zero-order chi connectivity index (χ0) is 10.8. The van der Waals surface area contributed by atoms with Crippen LogP contribution in [0.1, 0.15) is 19.4 Å². The van der Waals surface area contributed by atoms with Gasteiger partial charge in [0.15, 0.2) is 0 Å². The number of fused-ring (bicyclic) bond motifs is 1. The highest BCUT2D eigenvalue weighted by Crippen LogP contribution is 2.17. The van der Waals surface area contributed by atoms with Gasteiger partial charge in [-0.1, -0.05) is 23.8 Å². The van der Waals surface area contributed by atoms with Crippen molar-refractivity contribution in [2.45, 2.75) is 27.3 Å². The second-order valence-corrected chi connectivity index (χ2v) is 4.31. The minimum absolute atomic E-state index is 0.968.